The number of hydrogen-bond donors (Lipinski definition) is 3. The first-order valence-electron chi connectivity index (χ1n) is 5.88. The Morgan fingerprint density at radius 2 is 1.79 bits per heavy atom. The van der Waals surface area contributed by atoms with E-state index in [4.69, 9.17) is 18.0 Å². The Bertz CT molecular complexity index is 462. The van der Waals surface area contributed by atoms with Crippen LogP contribution in [0.2, 0.25) is 0 Å². The van der Waals surface area contributed by atoms with E-state index in [2.05, 4.69) is 10.6 Å². The fourth-order valence-electron chi connectivity index (χ4n) is 1.62. The van der Waals surface area contributed by atoms with Crippen LogP contribution in [0.3, 0.4) is 0 Å². The van der Waals surface area contributed by atoms with Crippen LogP contribution < -0.4 is 16.4 Å². The maximum absolute atomic E-state index is 12.0. The molecule has 0 radical (unpaired) electrons. The second-order valence-electron chi connectivity index (χ2n) is 4.02. The second-order valence-corrected chi connectivity index (χ2v) is 4.49. The number of carbonyl (C=O) groups is 2. The van der Waals surface area contributed by atoms with Gasteiger partial charge < -0.3 is 16.4 Å². The number of nitrogens with two attached hydrogens (primary N) is 1. The minimum absolute atomic E-state index is 0.128. The molecule has 102 valence electrons. The number of rotatable bonds is 6. The van der Waals surface area contributed by atoms with Crippen molar-refractivity contribution in [1.82, 2.24) is 10.6 Å². The molecular weight excluding hydrogens is 262 g/mol. The number of carbonyl (C=O) groups excluding carboxylic acids is 2. The molecule has 1 rings (SSSR count). The van der Waals surface area contributed by atoms with Crippen molar-refractivity contribution in [1.29, 1.82) is 0 Å². The molecule has 0 aromatic heterocycles. The molecule has 0 aliphatic carbocycles. The Balaban J connectivity index is 2.60. The zero-order valence-electron chi connectivity index (χ0n) is 10.7. The highest BCUT2D eigenvalue weighted by molar-refractivity contribution is 7.80. The molecule has 0 aliphatic heterocycles. The highest BCUT2D eigenvalue weighted by Gasteiger charge is 2.22. The Morgan fingerprint density at radius 3 is 2.32 bits per heavy atom. The molecule has 0 bridgehead atoms. The summed E-state index contributed by atoms with van der Waals surface area (Å²) < 4.78 is 0. The number of thiocarbonyl (C=S) groups is 1. The van der Waals surface area contributed by atoms with E-state index in [0.717, 1.165) is 5.56 Å². The first kappa shape index (κ1) is 15.1. The third-order valence-electron chi connectivity index (χ3n) is 2.48. The summed E-state index contributed by atoms with van der Waals surface area (Å²) in [6, 6.07) is 9.11. The summed E-state index contributed by atoms with van der Waals surface area (Å²) >= 11 is 4.94. The topological polar surface area (TPSA) is 84.2 Å². The summed E-state index contributed by atoms with van der Waals surface area (Å²) in [7, 11) is 0. The first-order chi connectivity index (χ1) is 9.02. The average molecular weight is 279 g/mol. The molecule has 0 saturated heterocycles. The third-order valence-corrected chi connectivity index (χ3v) is 2.71. The van der Waals surface area contributed by atoms with Crippen molar-refractivity contribution in [3.63, 3.8) is 0 Å². The van der Waals surface area contributed by atoms with Gasteiger partial charge in [0.15, 0.2) is 0 Å². The van der Waals surface area contributed by atoms with Gasteiger partial charge in [-0.25, -0.2) is 0 Å². The Morgan fingerprint density at radius 1 is 1.21 bits per heavy atom. The molecule has 0 fully saturated rings. The highest BCUT2D eigenvalue weighted by Crippen LogP contribution is 2.15. The standard InChI is InChI=1S/C13H17N3O2S/c1-9(17)15-7-8-16-13(18)11(12(14)19)10-5-3-2-4-6-10/h2-6,11H,7-8H2,1H3,(H2,14,19)(H,15,17)(H,16,18). The van der Waals surface area contributed by atoms with Crippen LogP contribution in [0.4, 0.5) is 0 Å². The van der Waals surface area contributed by atoms with Crippen LogP contribution in [0, 0.1) is 0 Å². The van der Waals surface area contributed by atoms with Gasteiger partial charge in [0.25, 0.3) is 0 Å². The predicted molar refractivity (Wildman–Crippen MR) is 77.7 cm³/mol. The number of hydrogen-bond acceptors (Lipinski definition) is 3. The summed E-state index contributed by atoms with van der Waals surface area (Å²) in [5.74, 6) is -1.04. The number of nitrogens with one attached hydrogen (secondary N) is 2. The van der Waals surface area contributed by atoms with Gasteiger partial charge in [-0.3, -0.25) is 9.59 Å². The van der Waals surface area contributed by atoms with Gasteiger partial charge in [0.05, 0.1) is 4.99 Å². The van der Waals surface area contributed by atoms with Gasteiger partial charge >= 0.3 is 0 Å². The largest absolute Gasteiger partial charge is 0.392 e. The molecule has 1 unspecified atom stereocenters. The van der Waals surface area contributed by atoms with Gasteiger partial charge in [0, 0.05) is 20.0 Å². The number of amides is 2. The molecule has 19 heavy (non-hydrogen) atoms. The van der Waals surface area contributed by atoms with Crippen molar-refractivity contribution in [3.8, 4) is 0 Å². The highest BCUT2D eigenvalue weighted by atomic mass is 32.1. The molecule has 1 aromatic rings. The minimum Gasteiger partial charge on any atom is -0.392 e. The summed E-state index contributed by atoms with van der Waals surface area (Å²) in [6.45, 7) is 2.13. The van der Waals surface area contributed by atoms with E-state index >= 15 is 0 Å². The first-order valence-corrected chi connectivity index (χ1v) is 6.29. The lowest BCUT2D eigenvalue weighted by molar-refractivity contribution is -0.122. The molecule has 1 aromatic carbocycles. The van der Waals surface area contributed by atoms with Gasteiger partial charge in [-0.15, -0.1) is 0 Å². The van der Waals surface area contributed by atoms with Crippen molar-refractivity contribution in [2.75, 3.05) is 13.1 Å². The monoisotopic (exact) mass is 279 g/mol. The summed E-state index contributed by atoms with van der Waals surface area (Å²) in [4.78, 5) is 22.9. The molecule has 0 aliphatic rings. The van der Waals surface area contributed by atoms with Crippen LogP contribution in [0.1, 0.15) is 18.4 Å². The van der Waals surface area contributed by atoms with E-state index < -0.39 is 5.92 Å². The molecule has 1 atom stereocenters. The van der Waals surface area contributed by atoms with Gasteiger partial charge in [-0.05, 0) is 5.56 Å². The molecule has 0 heterocycles. The average Bonchev–Trinajstić information content (AvgIpc) is 2.35. The summed E-state index contributed by atoms with van der Waals surface area (Å²) in [5, 5.41) is 5.29. The fraction of sp³-hybridized carbons (Fsp3) is 0.308. The predicted octanol–water partition coefficient (Wildman–Crippen LogP) is 0.309. The maximum atomic E-state index is 12.0. The van der Waals surface area contributed by atoms with Crippen LogP contribution in [0.25, 0.3) is 0 Å². The van der Waals surface area contributed by atoms with Crippen molar-refractivity contribution in [2.45, 2.75) is 12.8 Å². The van der Waals surface area contributed by atoms with E-state index in [1.54, 1.807) is 12.1 Å². The lowest BCUT2D eigenvalue weighted by Gasteiger charge is -2.16. The Hall–Kier alpha value is -1.95. The smallest absolute Gasteiger partial charge is 0.234 e. The summed E-state index contributed by atoms with van der Waals surface area (Å²) in [6.07, 6.45) is 0. The summed E-state index contributed by atoms with van der Waals surface area (Å²) in [5.41, 5.74) is 6.38. The fourth-order valence-corrected chi connectivity index (χ4v) is 1.86. The van der Waals surface area contributed by atoms with Gasteiger partial charge in [0.1, 0.15) is 5.92 Å². The Labute approximate surface area is 117 Å². The number of benzene rings is 1. The molecule has 0 spiro atoms. The SMILES string of the molecule is CC(=O)NCCNC(=O)C(C(N)=S)c1ccccc1. The van der Waals surface area contributed by atoms with Crippen LogP contribution >= 0.6 is 12.2 Å². The second kappa shape index (κ2) is 7.48. The normalized spacial score (nSPS) is 11.4. The van der Waals surface area contributed by atoms with E-state index in [1.165, 1.54) is 6.92 Å². The van der Waals surface area contributed by atoms with Gasteiger partial charge in [-0.2, -0.15) is 0 Å². The van der Waals surface area contributed by atoms with E-state index in [9.17, 15) is 9.59 Å². The molecule has 0 saturated carbocycles. The van der Waals surface area contributed by atoms with Crippen LogP contribution in [-0.4, -0.2) is 29.9 Å². The van der Waals surface area contributed by atoms with Crippen LogP contribution in [-0.2, 0) is 9.59 Å². The zero-order chi connectivity index (χ0) is 14.3. The van der Waals surface area contributed by atoms with E-state index in [-0.39, 0.29) is 16.8 Å². The van der Waals surface area contributed by atoms with Crippen molar-refractivity contribution in [2.24, 2.45) is 5.73 Å². The zero-order valence-corrected chi connectivity index (χ0v) is 11.5. The van der Waals surface area contributed by atoms with Gasteiger partial charge in [-0.1, -0.05) is 42.5 Å². The molecule has 5 nitrogen and oxygen atoms in total. The third kappa shape index (κ3) is 5.05. The molecule has 2 amide bonds. The van der Waals surface area contributed by atoms with E-state index in [1.807, 2.05) is 18.2 Å². The van der Waals surface area contributed by atoms with Crippen LogP contribution in [0.15, 0.2) is 30.3 Å². The van der Waals surface area contributed by atoms with Gasteiger partial charge in [0.2, 0.25) is 11.8 Å². The molecule has 6 heteroatoms. The van der Waals surface area contributed by atoms with Crippen molar-refractivity contribution in [3.05, 3.63) is 35.9 Å². The quantitative estimate of drug-likeness (QED) is 0.517. The maximum Gasteiger partial charge on any atom is 0.234 e. The molecule has 4 N–H and O–H groups in total. The lowest BCUT2D eigenvalue weighted by Crippen LogP contribution is -2.39. The minimum atomic E-state index is -0.645. The Kier molecular flexibility index (Phi) is 5.95. The van der Waals surface area contributed by atoms with E-state index in [0.29, 0.717) is 13.1 Å². The van der Waals surface area contributed by atoms with Crippen molar-refractivity contribution < 1.29 is 9.59 Å². The van der Waals surface area contributed by atoms with Crippen molar-refractivity contribution >= 4 is 29.0 Å². The van der Waals surface area contributed by atoms with Crippen LogP contribution in [0.5, 0.6) is 0 Å². The lowest BCUT2D eigenvalue weighted by atomic mass is 9.98. The molecular formula is C13H17N3O2S.